The standard InChI is InChI=1S/C19H27FN4O2/c20-16-3-1-15(2-4-16)5-8-22-9-6-17(13-22)21-19(25)23-10-12-24(26)11-7-18(23)14-24/h1-4,17-18H,5-14H2,(H,21,25)/t17?,18?,24-/m0/s1. The van der Waals surface area contributed by atoms with Crippen LogP contribution in [0.3, 0.4) is 0 Å². The highest BCUT2D eigenvalue weighted by Crippen LogP contribution is 2.27. The Balaban J connectivity index is 1.23. The molecular weight excluding hydrogens is 335 g/mol. The van der Waals surface area contributed by atoms with Gasteiger partial charge >= 0.3 is 6.03 Å². The Morgan fingerprint density at radius 1 is 1.23 bits per heavy atom. The van der Waals surface area contributed by atoms with Crippen molar-refractivity contribution in [3.05, 3.63) is 40.9 Å². The molecule has 1 N–H and O–H groups in total. The third-order valence-electron chi connectivity index (χ3n) is 6.09. The van der Waals surface area contributed by atoms with E-state index in [4.69, 9.17) is 0 Å². The van der Waals surface area contributed by atoms with E-state index in [9.17, 15) is 14.4 Å². The molecule has 2 bridgehead atoms. The Morgan fingerprint density at radius 3 is 2.85 bits per heavy atom. The van der Waals surface area contributed by atoms with Crippen LogP contribution in [-0.4, -0.2) is 78.4 Å². The molecule has 1 aromatic rings. The van der Waals surface area contributed by atoms with Crippen molar-refractivity contribution >= 4 is 6.03 Å². The Kier molecular flexibility index (Phi) is 4.86. The van der Waals surface area contributed by atoms with Crippen molar-refractivity contribution in [1.29, 1.82) is 0 Å². The second-order valence-electron chi connectivity index (χ2n) is 7.94. The van der Waals surface area contributed by atoms with Crippen LogP contribution in [0, 0.1) is 11.0 Å². The van der Waals surface area contributed by atoms with Crippen molar-refractivity contribution in [2.75, 3.05) is 45.8 Å². The number of likely N-dealkylation sites (tertiary alicyclic amines) is 1. The summed E-state index contributed by atoms with van der Waals surface area (Å²) in [5.74, 6) is -0.203. The SMILES string of the molecule is O=C(NC1CCN(CCc2ccc(F)cc2)C1)N1CC[N@@+]2([O-])CCC1C2. The van der Waals surface area contributed by atoms with Crippen molar-refractivity contribution in [1.82, 2.24) is 15.1 Å². The van der Waals surface area contributed by atoms with Gasteiger partial charge in [-0.2, -0.15) is 0 Å². The smallest absolute Gasteiger partial charge is 0.318 e. The number of benzene rings is 1. The molecule has 0 spiro atoms. The van der Waals surface area contributed by atoms with E-state index in [2.05, 4.69) is 10.2 Å². The van der Waals surface area contributed by atoms with Gasteiger partial charge in [-0.05, 0) is 30.5 Å². The lowest BCUT2D eigenvalue weighted by molar-refractivity contribution is -0.872. The van der Waals surface area contributed by atoms with Crippen molar-refractivity contribution in [3.63, 3.8) is 0 Å². The van der Waals surface area contributed by atoms with Gasteiger partial charge in [0.2, 0.25) is 0 Å². The van der Waals surface area contributed by atoms with Gasteiger partial charge in [-0.3, -0.25) is 0 Å². The first-order valence-electron chi connectivity index (χ1n) is 9.62. The summed E-state index contributed by atoms with van der Waals surface area (Å²) in [6.45, 7) is 5.04. The van der Waals surface area contributed by atoms with Gasteiger partial charge in [-0.1, -0.05) is 12.1 Å². The topological polar surface area (TPSA) is 58.6 Å². The maximum absolute atomic E-state index is 13.0. The molecule has 1 aromatic carbocycles. The second kappa shape index (κ2) is 7.13. The number of fused-ring (bicyclic) bond motifs is 2. The first-order valence-corrected chi connectivity index (χ1v) is 9.62. The molecule has 0 saturated carbocycles. The van der Waals surface area contributed by atoms with E-state index in [1.165, 1.54) is 12.1 Å². The lowest BCUT2D eigenvalue weighted by Crippen LogP contribution is -2.58. The number of amides is 2. The van der Waals surface area contributed by atoms with Crippen LogP contribution in [0.25, 0.3) is 0 Å². The quantitative estimate of drug-likeness (QED) is 0.653. The minimum absolute atomic E-state index is 0.00599. The van der Waals surface area contributed by atoms with Gasteiger partial charge in [0.1, 0.15) is 5.82 Å². The molecule has 3 atom stereocenters. The monoisotopic (exact) mass is 362 g/mol. The van der Waals surface area contributed by atoms with E-state index in [1.807, 2.05) is 17.0 Å². The molecule has 2 amide bonds. The van der Waals surface area contributed by atoms with Crippen molar-refractivity contribution in [3.8, 4) is 0 Å². The molecule has 0 aliphatic carbocycles. The molecule has 3 saturated heterocycles. The Bertz CT molecular complexity index is 655. The highest BCUT2D eigenvalue weighted by Gasteiger charge is 2.42. The molecule has 7 heteroatoms. The summed E-state index contributed by atoms with van der Waals surface area (Å²) in [5, 5.41) is 15.4. The fraction of sp³-hybridized carbons (Fsp3) is 0.632. The molecule has 0 aromatic heterocycles. The number of carbonyl (C=O) groups is 1. The first kappa shape index (κ1) is 17.7. The number of carbonyl (C=O) groups excluding carboxylic acids is 1. The molecule has 3 aliphatic rings. The number of quaternary nitrogens is 1. The molecule has 0 radical (unpaired) electrons. The molecule has 2 unspecified atom stereocenters. The van der Waals surface area contributed by atoms with Gasteiger partial charge in [0, 0.05) is 32.1 Å². The summed E-state index contributed by atoms with van der Waals surface area (Å²) in [6, 6.07) is 6.93. The van der Waals surface area contributed by atoms with Crippen molar-refractivity contribution in [2.24, 2.45) is 0 Å². The molecular formula is C19H27FN4O2. The lowest BCUT2D eigenvalue weighted by Gasteiger charge is -2.44. The minimum Gasteiger partial charge on any atom is -0.633 e. The van der Waals surface area contributed by atoms with Gasteiger partial charge in [0.05, 0.1) is 32.2 Å². The van der Waals surface area contributed by atoms with E-state index in [1.54, 1.807) is 0 Å². The van der Waals surface area contributed by atoms with Crippen LogP contribution in [0.15, 0.2) is 24.3 Å². The van der Waals surface area contributed by atoms with E-state index in [-0.39, 0.29) is 28.6 Å². The number of nitrogens with one attached hydrogen (secondary N) is 1. The van der Waals surface area contributed by atoms with Crippen LogP contribution in [0.1, 0.15) is 18.4 Å². The highest BCUT2D eigenvalue weighted by molar-refractivity contribution is 5.75. The summed E-state index contributed by atoms with van der Waals surface area (Å²) >= 11 is 0. The number of rotatable bonds is 4. The van der Waals surface area contributed by atoms with E-state index in [0.717, 1.165) is 44.5 Å². The average Bonchev–Trinajstić information content (AvgIpc) is 3.19. The number of hydroxylamine groups is 3. The Labute approximate surface area is 153 Å². The summed E-state index contributed by atoms with van der Waals surface area (Å²) in [6.07, 6.45) is 2.67. The molecule has 142 valence electrons. The molecule has 6 nitrogen and oxygen atoms in total. The second-order valence-corrected chi connectivity index (χ2v) is 7.94. The molecule has 3 fully saturated rings. The Morgan fingerprint density at radius 2 is 2.04 bits per heavy atom. The minimum atomic E-state index is -0.203. The normalized spacial score (nSPS) is 31.4. The van der Waals surface area contributed by atoms with Crippen LogP contribution < -0.4 is 5.32 Å². The summed E-state index contributed by atoms with van der Waals surface area (Å²) in [5.41, 5.74) is 1.13. The fourth-order valence-electron chi connectivity index (χ4n) is 4.50. The number of hydrogen-bond acceptors (Lipinski definition) is 3. The van der Waals surface area contributed by atoms with Crippen LogP contribution in [0.2, 0.25) is 0 Å². The van der Waals surface area contributed by atoms with E-state index in [0.29, 0.717) is 26.2 Å². The summed E-state index contributed by atoms with van der Waals surface area (Å²) in [4.78, 5) is 16.8. The molecule has 3 aliphatic heterocycles. The number of piperazine rings is 1. The van der Waals surface area contributed by atoms with Gasteiger partial charge < -0.3 is 25.0 Å². The van der Waals surface area contributed by atoms with Crippen LogP contribution in [0.5, 0.6) is 0 Å². The third kappa shape index (κ3) is 3.84. The van der Waals surface area contributed by atoms with Gasteiger partial charge in [-0.15, -0.1) is 0 Å². The zero-order valence-corrected chi connectivity index (χ0v) is 15.1. The molecule has 4 rings (SSSR count). The predicted molar refractivity (Wildman–Crippen MR) is 96.8 cm³/mol. The zero-order valence-electron chi connectivity index (χ0n) is 15.1. The van der Waals surface area contributed by atoms with Crippen LogP contribution >= 0.6 is 0 Å². The third-order valence-corrected chi connectivity index (χ3v) is 6.09. The average molecular weight is 362 g/mol. The maximum Gasteiger partial charge on any atom is 0.318 e. The van der Waals surface area contributed by atoms with E-state index >= 15 is 0 Å². The summed E-state index contributed by atoms with van der Waals surface area (Å²) < 4.78 is 12.8. The number of halogens is 1. The maximum atomic E-state index is 13.0. The summed E-state index contributed by atoms with van der Waals surface area (Å²) in [7, 11) is 0. The Hall–Kier alpha value is -1.70. The number of urea groups is 1. The van der Waals surface area contributed by atoms with Crippen molar-refractivity contribution in [2.45, 2.75) is 31.3 Å². The fourth-order valence-corrected chi connectivity index (χ4v) is 4.50. The van der Waals surface area contributed by atoms with E-state index < -0.39 is 0 Å². The largest absolute Gasteiger partial charge is 0.633 e. The number of hydrogen-bond donors (Lipinski definition) is 1. The van der Waals surface area contributed by atoms with Crippen LogP contribution in [-0.2, 0) is 6.42 Å². The van der Waals surface area contributed by atoms with Crippen molar-refractivity contribution < 1.29 is 13.8 Å². The van der Waals surface area contributed by atoms with Crippen LogP contribution in [0.4, 0.5) is 9.18 Å². The number of nitrogens with zero attached hydrogens (tertiary/aromatic N) is 3. The molecule has 26 heavy (non-hydrogen) atoms. The zero-order chi connectivity index (χ0) is 18.1. The van der Waals surface area contributed by atoms with Gasteiger partial charge in [0.25, 0.3) is 0 Å². The first-order chi connectivity index (χ1) is 12.5. The lowest BCUT2D eigenvalue weighted by atomic mass is 10.1. The predicted octanol–water partition coefficient (Wildman–Crippen LogP) is 1.55. The van der Waals surface area contributed by atoms with Gasteiger partial charge in [-0.25, -0.2) is 9.18 Å². The van der Waals surface area contributed by atoms with Gasteiger partial charge in [0.15, 0.2) is 0 Å². The molecule has 3 heterocycles. The highest BCUT2D eigenvalue weighted by atomic mass is 19.1.